The van der Waals surface area contributed by atoms with Crippen molar-refractivity contribution in [2.24, 2.45) is 0 Å². The molecule has 0 aliphatic heterocycles. The molecule has 3 aromatic rings. The molecule has 0 saturated carbocycles. The van der Waals surface area contributed by atoms with Gasteiger partial charge in [-0.3, -0.25) is 9.03 Å². The van der Waals surface area contributed by atoms with Crippen molar-refractivity contribution in [3.63, 3.8) is 0 Å². The van der Waals surface area contributed by atoms with Gasteiger partial charge in [0.05, 0.1) is 22.6 Å². The summed E-state index contributed by atoms with van der Waals surface area (Å²) in [6.45, 7) is 5.22. The molecule has 7 nitrogen and oxygen atoms in total. The SMILES string of the molecule is COc1ccc(NS(=O)(=O)c2ccc(C)c(N(C)S(=O)(=O)c3ccc(C)cc3)c2C)cc1. The van der Waals surface area contributed by atoms with Crippen molar-refractivity contribution in [2.75, 3.05) is 23.2 Å². The third-order valence-electron chi connectivity index (χ3n) is 5.21. The van der Waals surface area contributed by atoms with Gasteiger partial charge in [-0.15, -0.1) is 0 Å². The van der Waals surface area contributed by atoms with Crippen LogP contribution in [0.2, 0.25) is 0 Å². The third kappa shape index (κ3) is 4.58. The highest BCUT2D eigenvalue weighted by atomic mass is 32.2. The van der Waals surface area contributed by atoms with E-state index in [9.17, 15) is 16.8 Å². The Morgan fingerprint density at radius 1 is 0.812 bits per heavy atom. The van der Waals surface area contributed by atoms with E-state index in [1.807, 2.05) is 6.92 Å². The number of nitrogens with one attached hydrogen (secondary N) is 1. The number of hydrogen-bond donors (Lipinski definition) is 1. The van der Waals surface area contributed by atoms with Crippen LogP contribution >= 0.6 is 0 Å². The summed E-state index contributed by atoms with van der Waals surface area (Å²) in [5.74, 6) is 0.602. The molecule has 32 heavy (non-hydrogen) atoms. The van der Waals surface area contributed by atoms with Crippen LogP contribution in [0.5, 0.6) is 5.75 Å². The Morgan fingerprint density at radius 2 is 1.41 bits per heavy atom. The van der Waals surface area contributed by atoms with E-state index < -0.39 is 20.0 Å². The minimum Gasteiger partial charge on any atom is -0.497 e. The first-order valence-electron chi connectivity index (χ1n) is 9.80. The fraction of sp³-hybridized carbons (Fsp3) is 0.217. The molecule has 0 saturated heterocycles. The molecule has 0 unspecified atom stereocenters. The van der Waals surface area contributed by atoms with E-state index in [1.54, 1.807) is 56.3 Å². The van der Waals surface area contributed by atoms with Crippen LogP contribution in [0.25, 0.3) is 0 Å². The van der Waals surface area contributed by atoms with Gasteiger partial charge in [0.15, 0.2) is 0 Å². The molecule has 0 spiro atoms. The zero-order valence-corrected chi connectivity index (χ0v) is 20.2. The van der Waals surface area contributed by atoms with Gasteiger partial charge in [0.25, 0.3) is 20.0 Å². The number of benzene rings is 3. The van der Waals surface area contributed by atoms with Crippen molar-refractivity contribution in [3.05, 3.63) is 77.4 Å². The van der Waals surface area contributed by atoms with E-state index in [1.165, 1.54) is 32.4 Å². The third-order valence-corrected chi connectivity index (χ3v) is 8.51. The molecular formula is C23H26N2O5S2. The van der Waals surface area contributed by atoms with Crippen LogP contribution in [-0.4, -0.2) is 31.0 Å². The van der Waals surface area contributed by atoms with Crippen LogP contribution < -0.4 is 13.8 Å². The van der Waals surface area contributed by atoms with Crippen molar-refractivity contribution in [1.29, 1.82) is 0 Å². The molecule has 0 atom stereocenters. The van der Waals surface area contributed by atoms with Crippen molar-refractivity contribution >= 4 is 31.4 Å². The second-order valence-corrected chi connectivity index (χ2v) is 11.1. The van der Waals surface area contributed by atoms with Crippen LogP contribution in [0.4, 0.5) is 11.4 Å². The van der Waals surface area contributed by atoms with Crippen molar-refractivity contribution in [1.82, 2.24) is 0 Å². The number of anilines is 2. The number of hydrogen-bond acceptors (Lipinski definition) is 5. The minimum atomic E-state index is -3.96. The first-order valence-corrected chi connectivity index (χ1v) is 12.7. The second kappa shape index (κ2) is 8.84. The molecule has 0 amide bonds. The minimum absolute atomic E-state index is 0.000117. The van der Waals surface area contributed by atoms with E-state index in [2.05, 4.69) is 4.72 Å². The highest BCUT2D eigenvalue weighted by Gasteiger charge is 2.27. The molecule has 0 heterocycles. The van der Waals surface area contributed by atoms with Gasteiger partial charge >= 0.3 is 0 Å². The van der Waals surface area contributed by atoms with Crippen LogP contribution in [0, 0.1) is 20.8 Å². The maximum atomic E-state index is 13.2. The summed E-state index contributed by atoms with van der Waals surface area (Å²) < 4.78 is 61.4. The molecule has 170 valence electrons. The molecule has 3 aromatic carbocycles. The van der Waals surface area contributed by atoms with Gasteiger partial charge in [-0.1, -0.05) is 23.8 Å². The van der Waals surface area contributed by atoms with E-state index in [4.69, 9.17) is 4.74 Å². The van der Waals surface area contributed by atoms with Crippen molar-refractivity contribution in [3.8, 4) is 5.75 Å². The van der Waals surface area contributed by atoms with E-state index in [0.717, 1.165) is 9.87 Å². The highest BCUT2D eigenvalue weighted by Crippen LogP contribution is 2.33. The van der Waals surface area contributed by atoms with Gasteiger partial charge < -0.3 is 4.74 Å². The standard InChI is InChI=1S/C23H26N2O5S2/c1-16-6-13-21(14-7-16)32(28,29)25(4)23-17(2)8-15-22(18(23)3)31(26,27)24-19-9-11-20(30-5)12-10-19/h6-15,24H,1-5H3. The lowest BCUT2D eigenvalue weighted by Crippen LogP contribution is -2.28. The molecule has 0 radical (unpaired) electrons. The quantitative estimate of drug-likeness (QED) is 0.553. The topological polar surface area (TPSA) is 92.8 Å². The monoisotopic (exact) mass is 474 g/mol. The smallest absolute Gasteiger partial charge is 0.264 e. The Labute approximate surface area is 189 Å². The molecule has 0 aliphatic carbocycles. The number of ether oxygens (including phenoxy) is 1. The van der Waals surface area contributed by atoms with Gasteiger partial charge in [-0.25, -0.2) is 16.8 Å². The van der Waals surface area contributed by atoms with Crippen molar-refractivity contribution in [2.45, 2.75) is 30.6 Å². The van der Waals surface area contributed by atoms with Gasteiger partial charge in [0, 0.05) is 12.7 Å². The number of sulfonamides is 2. The predicted molar refractivity (Wildman–Crippen MR) is 126 cm³/mol. The molecular weight excluding hydrogens is 448 g/mol. The summed E-state index contributed by atoms with van der Waals surface area (Å²) in [6, 6.07) is 16.1. The maximum absolute atomic E-state index is 13.2. The van der Waals surface area contributed by atoms with Gasteiger partial charge in [-0.2, -0.15) is 0 Å². The lowest BCUT2D eigenvalue weighted by molar-refractivity contribution is 0.415. The van der Waals surface area contributed by atoms with E-state index in [0.29, 0.717) is 28.3 Å². The largest absolute Gasteiger partial charge is 0.497 e. The van der Waals surface area contributed by atoms with Crippen LogP contribution in [0.1, 0.15) is 16.7 Å². The Balaban J connectivity index is 2.03. The Kier molecular flexibility index (Phi) is 6.52. The number of methoxy groups -OCH3 is 1. The van der Waals surface area contributed by atoms with Crippen LogP contribution in [0.15, 0.2) is 70.5 Å². The molecule has 9 heteroatoms. The number of aryl methyl sites for hydroxylation is 2. The Morgan fingerprint density at radius 3 is 1.97 bits per heavy atom. The van der Waals surface area contributed by atoms with Gasteiger partial charge in [-0.05, 0) is 74.4 Å². The fourth-order valence-electron chi connectivity index (χ4n) is 3.45. The summed E-state index contributed by atoms with van der Waals surface area (Å²) in [5.41, 5.74) is 2.61. The maximum Gasteiger partial charge on any atom is 0.264 e. The van der Waals surface area contributed by atoms with Crippen LogP contribution in [-0.2, 0) is 20.0 Å². The molecule has 0 fully saturated rings. The Hall–Kier alpha value is -3.04. The molecule has 0 bridgehead atoms. The summed E-state index contributed by atoms with van der Waals surface area (Å²) >= 11 is 0. The first-order chi connectivity index (χ1) is 15.0. The highest BCUT2D eigenvalue weighted by molar-refractivity contribution is 7.93. The average Bonchev–Trinajstić information content (AvgIpc) is 2.74. The summed E-state index contributed by atoms with van der Waals surface area (Å²) in [6.07, 6.45) is 0. The molecule has 3 rings (SSSR count). The first kappa shape index (κ1) is 23.6. The lowest BCUT2D eigenvalue weighted by atomic mass is 10.1. The summed E-state index contributed by atoms with van der Waals surface area (Å²) in [5, 5.41) is 0. The fourth-order valence-corrected chi connectivity index (χ4v) is 6.07. The molecule has 1 N–H and O–H groups in total. The van der Waals surface area contributed by atoms with E-state index >= 15 is 0 Å². The summed E-state index contributed by atoms with van der Waals surface area (Å²) in [4.78, 5) is 0.133. The second-order valence-electron chi connectivity index (χ2n) is 7.47. The molecule has 0 aliphatic rings. The van der Waals surface area contributed by atoms with Gasteiger partial charge in [0.1, 0.15) is 5.75 Å². The normalized spacial score (nSPS) is 11.8. The number of rotatable bonds is 7. The van der Waals surface area contributed by atoms with Crippen molar-refractivity contribution < 1.29 is 21.6 Å². The van der Waals surface area contributed by atoms with Crippen LogP contribution in [0.3, 0.4) is 0 Å². The average molecular weight is 475 g/mol. The lowest BCUT2D eigenvalue weighted by Gasteiger charge is -2.25. The zero-order valence-electron chi connectivity index (χ0n) is 18.6. The zero-order chi connectivity index (χ0) is 23.7. The number of nitrogens with zero attached hydrogens (tertiary/aromatic N) is 1. The molecule has 0 aromatic heterocycles. The summed E-state index contributed by atoms with van der Waals surface area (Å²) in [7, 11) is -4.89. The van der Waals surface area contributed by atoms with E-state index in [-0.39, 0.29) is 9.79 Å². The predicted octanol–water partition coefficient (Wildman–Crippen LogP) is 4.25. The van der Waals surface area contributed by atoms with Gasteiger partial charge in [0.2, 0.25) is 0 Å². The Bertz CT molecular complexity index is 1330.